The van der Waals surface area contributed by atoms with Crippen LogP contribution in [0.5, 0.6) is 0 Å². The van der Waals surface area contributed by atoms with E-state index in [1.54, 1.807) is 6.07 Å². The molecular weight excluding hydrogens is 204 g/mol. The Bertz CT molecular complexity index is 210. The van der Waals surface area contributed by atoms with Gasteiger partial charge in [0.2, 0.25) is 0 Å². The van der Waals surface area contributed by atoms with Gasteiger partial charge in [-0.1, -0.05) is 12.6 Å². The van der Waals surface area contributed by atoms with Gasteiger partial charge in [-0.2, -0.15) is 0 Å². The first-order valence-corrected chi connectivity index (χ1v) is 3.39. The molecular formula is C4H3BrN2OS. The first kappa shape index (κ1) is 6.82. The number of nitrogens with zero attached hydrogens (tertiary/aromatic N) is 2. The molecule has 9 heavy (non-hydrogen) atoms. The van der Waals surface area contributed by atoms with Crippen molar-refractivity contribution in [3.8, 4) is 0 Å². The number of hydrogen-bond acceptors (Lipinski definition) is 3. The van der Waals surface area contributed by atoms with Crippen LogP contribution in [0.15, 0.2) is 21.8 Å². The van der Waals surface area contributed by atoms with Crippen molar-refractivity contribution in [2.24, 2.45) is 0 Å². The van der Waals surface area contributed by atoms with Gasteiger partial charge in [0, 0.05) is 5.10 Å². The van der Waals surface area contributed by atoms with Gasteiger partial charge in [-0.25, -0.2) is 0 Å². The van der Waals surface area contributed by atoms with Gasteiger partial charge in [0.25, 0.3) is 5.03 Å². The highest BCUT2D eigenvalue weighted by Crippen LogP contribution is 2.13. The van der Waals surface area contributed by atoms with E-state index < -0.39 is 0 Å². The summed E-state index contributed by atoms with van der Waals surface area (Å²) in [7, 11) is 0. The minimum atomic E-state index is 0.275. The number of aromatic nitrogens is 2. The highest BCUT2D eigenvalue weighted by molar-refractivity contribution is 9.10. The van der Waals surface area contributed by atoms with Gasteiger partial charge in [-0.3, -0.25) is 0 Å². The molecule has 1 heterocycles. The summed E-state index contributed by atoms with van der Waals surface area (Å²) in [5.41, 5.74) is 0. The Morgan fingerprint density at radius 1 is 1.78 bits per heavy atom. The highest BCUT2D eigenvalue weighted by atomic mass is 79.9. The fraction of sp³-hybridized carbons (Fsp3) is 0. The lowest BCUT2D eigenvalue weighted by atomic mass is 10.6. The van der Waals surface area contributed by atoms with E-state index in [9.17, 15) is 5.21 Å². The monoisotopic (exact) mass is 206 g/mol. The second-order valence-corrected chi connectivity index (χ2v) is 2.65. The van der Waals surface area contributed by atoms with Gasteiger partial charge >= 0.3 is 0 Å². The van der Waals surface area contributed by atoms with E-state index in [2.05, 4.69) is 33.7 Å². The van der Waals surface area contributed by atoms with Crippen LogP contribution in [0.25, 0.3) is 0 Å². The molecule has 1 aromatic heterocycles. The fourth-order valence-corrected chi connectivity index (χ4v) is 0.776. The first-order chi connectivity index (χ1) is 4.22. The van der Waals surface area contributed by atoms with E-state index in [-0.39, 0.29) is 5.03 Å². The zero-order valence-electron chi connectivity index (χ0n) is 4.28. The van der Waals surface area contributed by atoms with E-state index >= 15 is 0 Å². The average Bonchev–Trinajstić information content (AvgIpc) is 1.83. The topological polar surface area (TPSA) is 39.8 Å². The molecule has 0 fully saturated rings. The quantitative estimate of drug-likeness (QED) is 0.387. The minimum absolute atomic E-state index is 0.275. The van der Waals surface area contributed by atoms with Gasteiger partial charge in [-0.05, 0) is 26.8 Å². The van der Waals surface area contributed by atoms with Crippen molar-refractivity contribution in [2.75, 3.05) is 0 Å². The van der Waals surface area contributed by atoms with Crippen molar-refractivity contribution in [1.29, 1.82) is 0 Å². The number of hydrogen-bond donors (Lipinski definition) is 1. The maximum atomic E-state index is 10.5. The van der Waals surface area contributed by atoms with Crippen molar-refractivity contribution >= 4 is 28.6 Å². The van der Waals surface area contributed by atoms with Crippen LogP contribution in [-0.4, -0.2) is 5.10 Å². The van der Waals surface area contributed by atoms with Crippen molar-refractivity contribution < 1.29 is 4.85 Å². The van der Waals surface area contributed by atoms with Crippen LogP contribution in [0.4, 0.5) is 0 Å². The van der Waals surface area contributed by atoms with E-state index in [0.29, 0.717) is 9.32 Å². The third-order valence-corrected chi connectivity index (χ3v) is 2.15. The van der Waals surface area contributed by atoms with Crippen LogP contribution < -0.4 is 4.85 Å². The molecule has 0 bridgehead atoms. The molecule has 0 spiro atoms. The molecule has 0 saturated heterocycles. The van der Waals surface area contributed by atoms with E-state index in [4.69, 9.17) is 0 Å². The molecule has 0 radical (unpaired) electrons. The Labute approximate surface area is 65.8 Å². The number of rotatable bonds is 0. The molecule has 0 amide bonds. The smallest absolute Gasteiger partial charge is 0.290 e. The number of halogens is 1. The molecule has 0 unspecified atom stereocenters. The molecule has 0 saturated carbocycles. The van der Waals surface area contributed by atoms with E-state index in [1.807, 2.05) is 0 Å². The maximum Gasteiger partial charge on any atom is 0.290 e. The van der Waals surface area contributed by atoms with Crippen molar-refractivity contribution in [3.63, 3.8) is 0 Å². The molecule has 0 aliphatic heterocycles. The third-order valence-electron chi connectivity index (χ3n) is 0.787. The summed E-state index contributed by atoms with van der Waals surface area (Å²) in [5, 5.41) is 14.2. The predicted molar refractivity (Wildman–Crippen MR) is 38.1 cm³/mol. The highest BCUT2D eigenvalue weighted by Gasteiger charge is 2.03. The minimum Gasteiger partial charge on any atom is -0.593 e. The van der Waals surface area contributed by atoms with Crippen LogP contribution in [0.2, 0.25) is 0 Å². The lowest BCUT2D eigenvalue weighted by Crippen LogP contribution is -2.32. The Balaban J connectivity index is 3.25. The fourth-order valence-electron chi connectivity index (χ4n) is 0.380. The van der Waals surface area contributed by atoms with Crippen LogP contribution >= 0.6 is 28.6 Å². The molecule has 0 N–H and O–H groups in total. The summed E-state index contributed by atoms with van der Waals surface area (Å²) < 4.78 is 0.649. The summed E-state index contributed by atoms with van der Waals surface area (Å²) in [6.07, 6.45) is 1.40. The van der Waals surface area contributed by atoms with Gasteiger partial charge < -0.3 is 5.21 Å². The standard InChI is InChI=1S/C4H3BrN2OS/c5-3-1-2-6-7(8)4(3)9/h1-2,9H. The van der Waals surface area contributed by atoms with Crippen LogP contribution in [0.1, 0.15) is 0 Å². The summed E-state index contributed by atoms with van der Waals surface area (Å²) >= 11 is 6.96. The van der Waals surface area contributed by atoms with Crippen molar-refractivity contribution in [1.82, 2.24) is 5.10 Å². The Morgan fingerprint density at radius 2 is 2.44 bits per heavy atom. The van der Waals surface area contributed by atoms with Crippen molar-refractivity contribution in [2.45, 2.75) is 5.03 Å². The van der Waals surface area contributed by atoms with Gasteiger partial charge in [-0.15, -0.1) is 0 Å². The molecule has 0 aromatic carbocycles. The third kappa shape index (κ3) is 1.34. The molecule has 0 aliphatic carbocycles. The molecule has 0 atom stereocenters. The number of thiol groups is 1. The zero-order valence-corrected chi connectivity index (χ0v) is 6.76. The van der Waals surface area contributed by atoms with Gasteiger partial charge in [0.15, 0.2) is 0 Å². The molecule has 1 aromatic rings. The lowest BCUT2D eigenvalue weighted by Gasteiger charge is -1.94. The van der Waals surface area contributed by atoms with Gasteiger partial charge in [0.05, 0.1) is 6.20 Å². The largest absolute Gasteiger partial charge is 0.593 e. The van der Waals surface area contributed by atoms with Crippen LogP contribution in [-0.2, 0) is 0 Å². The molecule has 3 nitrogen and oxygen atoms in total. The second-order valence-electron chi connectivity index (χ2n) is 1.38. The molecule has 1 rings (SSSR count). The summed E-state index contributed by atoms with van der Waals surface area (Å²) in [5.74, 6) is 0. The van der Waals surface area contributed by atoms with Gasteiger partial charge in [0.1, 0.15) is 4.47 Å². The van der Waals surface area contributed by atoms with E-state index in [1.165, 1.54) is 6.20 Å². The van der Waals surface area contributed by atoms with Crippen LogP contribution in [0.3, 0.4) is 0 Å². The summed E-state index contributed by atoms with van der Waals surface area (Å²) in [6, 6.07) is 1.65. The Morgan fingerprint density at radius 3 is 2.89 bits per heavy atom. The molecule has 48 valence electrons. The average molecular weight is 207 g/mol. The van der Waals surface area contributed by atoms with Crippen molar-refractivity contribution in [3.05, 3.63) is 21.9 Å². The normalized spacial score (nSPS) is 9.56. The lowest BCUT2D eigenvalue weighted by molar-refractivity contribution is -0.707. The second kappa shape index (κ2) is 2.53. The maximum absolute atomic E-state index is 10.5. The SMILES string of the molecule is [O-][n+]1nccc(Br)c1S. The molecule has 0 aliphatic rings. The van der Waals surface area contributed by atoms with E-state index in [0.717, 1.165) is 0 Å². The Kier molecular flexibility index (Phi) is 1.92. The van der Waals surface area contributed by atoms with Crippen LogP contribution in [0, 0.1) is 5.21 Å². The Hall–Kier alpha value is -0.290. The summed E-state index contributed by atoms with van der Waals surface area (Å²) in [4.78, 5) is 0.438. The molecule has 5 heteroatoms. The first-order valence-electron chi connectivity index (χ1n) is 2.15. The summed E-state index contributed by atoms with van der Waals surface area (Å²) in [6.45, 7) is 0. The predicted octanol–water partition coefficient (Wildman–Crippen LogP) is 0.766. The zero-order chi connectivity index (χ0) is 6.85.